The van der Waals surface area contributed by atoms with Crippen LogP contribution in [0.15, 0.2) is 6.07 Å². The molecule has 0 aliphatic rings. The lowest BCUT2D eigenvalue weighted by atomic mass is 9.90. The van der Waals surface area contributed by atoms with E-state index in [-0.39, 0.29) is 10.8 Å². The summed E-state index contributed by atoms with van der Waals surface area (Å²) in [6.07, 6.45) is 0. The molecule has 0 nitrogen and oxygen atoms in total. The van der Waals surface area contributed by atoms with Crippen molar-refractivity contribution < 1.29 is 0 Å². The van der Waals surface area contributed by atoms with E-state index in [1.54, 1.807) is 0 Å². The summed E-state index contributed by atoms with van der Waals surface area (Å²) in [5.74, 6) is 0.846. The Bertz CT molecular complexity index is 334. The first-order chi connectivity index (χ1) is 6.66. The molecule has 1 aromatic heterocycles. The van der Waals surface area contributed by atoms with Crippen molar-refractivity contribution in [2.75, 3.05) is 0 Å². The molecule has 0 amide bonds. The van der Waals surface area contributed by atoms with Crippen molar-refractivity contribution >= 4 is 24.0 Å². The van der Waals surface area contributed by atoms with Crippen LogP contribution in [0.2, 0.25) is 0 Å². The van der Waals surface area contributed by atoms with E-state index in [0.717, 1.165) is 5.75 Å². The molecule has 0 N–H and O–H groups in total. The number of rotatable bonds is 1. The van der Waals surface area contributed by atoms with Crippen LogP contribution in [0.4, 0.5) is 0 Å². The van der Waals surface area contributed by atoms with Crippen molar-refractivity contribution in [1.29, 1.82) is 0 Å². The van der Waals surface area contributed by atoms with Gasteiger partial charge in [-0.2, -0.15) is 12.6 Å². The maximum Gasteiger partial charge on any atom is 0.0165 e. The van der Waals surface area contributed by atoms with Gasteiger partial charge in [0, 0.05) is 15.5 Å². The molecule has 0 aliphatic heterocycles. The minimum Gasteiger partial charge on any atom is -0.175 e. The molecule has 86 valence electrons. The Balaban J connectivity index is 3.24. The van der Waals surface area contributed by atoms with Crippen LogP contribution in [0.1, 0.15) is 56.9 Å². The summed E-state index contributed by atoms with van der Waals surface area (Å²) in [6.45, 7) is 13.6. The Morgan fingerprint density at radius 3 is 1.87 bits per heavy atom. The molecule has 0 aromatic carbocycles. The molecule has 0 radical (unpaired) electrons. The quantitative estimate of drug-likeness (QED) is 0.674. The molecule has 2 heteroatoms. The Morgan fingerprint density at radius 2 is 1.60 bits per heavy atom. The lowest BCUT2D eigenvalue weighted by molar-refractivity contribution is 0.600. The molecule has 0 saturated heterocycles. The Kier molecular flexibility index (Phi) is 3.62. The van der Waals surface area contributed by atoms with Gasteiger partial charge in [-0.1, -0.05) is 41.5 Å². The molecular weight excluding hydrogens is 220 g/mol. The van der Waals surface area contributed by atoms with Crippen molar-refractivity contribution in [3.63, 3.8) is 0 Å². The molecule has 0 unspecified atom stereocenters. The Labute approximate surface area is 104 Å². The molecule has 1 aromatic rings. The summed E-state index contributed by atoms with van der Waals surface area (Å²) in [4.78, 5) is 2.96. The third-order valence-electron chi connectivity index (χ3n) is 2.40. The van der Waals surface area contributed by atoms with Crippen LogP contribution in [-0.4, -0.2) is 0 Å². The predicted molar refractivity (Wildman–Crippen MR) is 74.4 cm³/mol. The van der Waals surface area contributed by atoms with Gasteiger partial charge in [-0.25, -0.2) is 0 Å². The van der Waals surface area contributed by atoms with Gasteiger partial charge in [0.15, 0.2) is 0 Å². The normalized spacial score (nSPS) is 13.3. The average molecular weight is 242 g/mol. The largest absolute Gasteiger partial charge is 0.175 e. The summed E-state index contributed by atoms with van der Waals surface area (Å²) in [7, 11) is 0. The third-order valence-corrected chi connectivity index (χ3v) is 4.77. The van der Waals surface area contributed by atoms with E-state index in [1.165, 1.54) is 15.3 Å². The zero-order chi connectivity index (χ0) is 11.9. The summed E-state index contributed by atoms with van der Waals surface area (Å²) >= 11 is 6.38. The van der Waals surface area contributed by atoms with E-state index in [9.17, 15) is 0 Å². The number of hydrogen-bond donors (Lipinski definition) is 1. The molecule has 1 heterocycles. The topological polar surface area (TPSA) is 0 Å². The summed E-state index contributed by atoms with van der Waals surface area (Å²) in [6, 6.07) is 2.33. The molecule has 0 atom stereocenters. The van der Waals surface area contributed by atoms with E-state index in [0.29, 0.717) is 0 Å². The summed E-state index contributed by atoms with van der Waals surface area (Å²) in [5.41, 5.74) is 1.90. The second-order valence-corrected chi connectivity index (χ2v) is 7.49. The predicted octanol–water partition coefficient (Wildman–Crippen LogP) is 4.77. The highest BCUT2D eigenvalue weighted by Gasteiger charge is 2.24. The second-order valence-electron chi connectivity index (χ2n) is 6.12. The first kappa shape index (κ1) is 13.1. The molecular formula is C13H22S2. The lowest BCUT2D eigenvalue weighted by Gasteiger charge is -2.19. The van der Waals surface area contributed by atoms with E-state index >= 15 is 0 Å². The van der Waals surface area contributed by atoms with Crippen LogP contribution in [0.3, 0.4) is 0 Å². The van der Waals surface area contributed by atoms with Gasteiger partial charge in [0.05, 0.1) is 0 Å². The van der Waals surface area contributed by atoms with Gasteiger partial charge >= 0.3 is 0 Å². The third kappa shape index (κ3) is 3.01. The first-order valence-electron chi connectivity index (χ1n) is 5.41. The van der Waals surface area contributed by atoms with Gasteiger partial charge in [0.1, 0.15) is 0 Å². The zero-order valence-corrected chi connectivity index (χ0v) is 12.4. The standard InChI is InChI=1S/C13H22S2/c1-12(2,3)10-7-9(8-14)11(15-10)13(4,5)6/h7,14H,8H2,1-6H3. The minimum atomic E-state index is 0.242. The van der Waals surface area contributed by atoms with Crippen molar-refractivity contribution in [2.24, 2.45) is 0 Å². The number of thiophene rings is 1. The molecule has 0 saturated carbocycles. The molecule has 15 heavy (non-hydrogen) atoms. The highest BCUT2D eigenvalue weighted by molar-refractivity contribution is 7.79. The monoisotopic (exact) mass is 242 g/mol. The van der Waals surface area contributed by atoms with E-state index in [2.05, 4.69) is 60.2 Å². The number of hydrogen-bond acceptors (Lipinski definition) is 2. The zero-order valence-electron chi connectivity index (χ0n) is 10.6. The van der Waals surface area contributed by atoms with Crippen LogP contribution >= 0.6 is 24.0 Å². The maximum atomic E-state index is 4.43. The van der Waals surface area contributed by atoms with Crippen LogP contribution in [0.25, 0.3) is 0 Å². The van der Waals surface area contributed by atoms with Gasteiger partial charge in [-0.3, -0.25) is 0 Å². The molecule has 1 rings (SSSR count). The van der Waals surface area contributed by atoms with Gasteiger partial charge in [0.25, 0.3) is 0 Å². The Hall–Kier alpha value is 0.0500. The Morgan fingerprint density at radius 1 is 1.07 bits per heavy atom. The van der Waals surface area contributed by atoms with Gasteiger partial charge < -0.3 is 0 Å². The van der Waals surface area contributed by atoms with Crippen LogP contribution in [0.5, 0.6) is 0 Å². The maximum absolute atomic E-state index is 4.43. The minimum absolute atomic E-state index is 0.242. The highest BCUT2D eigenvalue weighted by atomic mass is 32.1. The lowest BCUT2D eigenvalue weighted by Crippen LogP contribution is -2.10. The first-order valence-corrected chi connectivity index (χ1v) is 6.85. The van der Waals surface area contributed by atoms with Gasteiger partial charge in [0.2, 0.25) is 0 Å². The SMILES string of the molecule is CC(C)(C)c1cc(CS)c(C(C)(C)C)s1. The van der Waals surface area contributed by atoms with Gasteiger partial charge in [-0.05, 0) is 22.5 Å². The van der Waals surface area contributed by atoms with Crippen LogP contribution in [-0.2, 0) is 16.6 Å². The summed E-state index contributed by atoms with van der Waals surface area (Å²) in [5, 5.41) is 0. The highest BCUT2D eigenvalue weighted by Crippen LogP contribution is 2.39. The fraction of sp³-hybridized carbons (Fsp3) is 0.692. The second kappa shape index (κ2) is 4.14. The number of thiol groups is 1. The van der Waals surface area contributed by atoms with Crippen molar-refractivity contribution in [3.8, 4) is 0 Å². The fourth-order valence-electron chi connectivity index (χ4n) is 1.55. The van der Waals surface area contributed by atoms with Crippen molar-refractivity contribution in [3.05, 3.63) is 21.4 Å². The van der Waals surface area contributed by atoms with Crippen LogP contribution in [0, 0.1) is 0 Å². The molecule has 0 bridgehead atoms. The summed E-state index contributed by atoms with van der Waals surface area (Å²) < 4.78 is 0. The molecule has 0 aliphatic carbocycles. The van der Waals surface area contributed by atoms with Crippen LogP contribution < -0.4 is 0 Å². The molecule has 0 spiro atoms. The van der Waals surface area contributed by atoms with Crippen molar-refractivity contribution in [2.45, 2.75) is 58.1 Å². The van der Waals surface area contributed by atoms with E-state index < -0.39 is 0 Å². The van der Waals surface area contributed by atoms with Gasteiger partial charge in [-0.15, -0.1) is 11.3 Å². The van der Waals surface area contributed by atoms with Crippen molar-refractivity contribution in [1.82, 2.24) is 0 Å². The average Bonchev–Trinajstić information content (AvgIpc) is 2.44. The fourth-order valence-corrected chi connectivity index (χ4v) is 3.20. The smallest absolute Gasteiger partial charge is 0.0165 e. The molecule has 0 fully saturated rings. The van der Waals surface area contributed by atoms with E-state index in [1.807, 2.05) is 11.3 Å². The van der Waals surface area contributed by atoms with E-state index in [4.69, 9.17) is 0 Å².